The van der Waals surface area contributed by atoms with Crippen LogP contribution < -0.4 is 4.74 Å². The molecule has 5 atom stereocenters. The molecule has 0 saturated carbocycles. The minimum absolute atomic E-state index is 0.225. The molecule has 0 aromatic heterocycles. The first-order valence-electron chi connectivity index (χ1n) is 9.15. The smallest absolute Gasteiger partial charge is 0.337 e. The molecule has 0 spiro atoms. The van der Waals surface area contributed by atoms with Gasteiger partial charge in [0.15, 0.2) is 0 Å². The Balaban J connectivity index is 1.68. The standard InChI is InChI=1S/C21H24O8/c1-27-21(26)13-5-7-15(8-6-13)28-11-12-3-2-4-14(9-12)20-19(25)18(24)17(23)16(10-22)29-20/h2-9,16-20,22-25H,10-11H2,1H3. The van der Waals surface area contributed by atoms with Crippen LogP contribution in [0.3, 0.4) is 0 Å². The van der Waals surface area contributed by atoms with E-state index in [4.69, 9.17) is 9.47 Å². The van der Waals surface area contributed by atoms with Gasteiger partial charge in [0.2, 0.25) is 0 Å². The van der Waals surface area contributed by atoms with E-state index in [0.717, 1.165) is 5.56 Å². The Morgan fingerprint density at radius 3 is 2.41 bits per heavy atom. The second-order valence-corrected chi connectivity index (χ2v) is 6.80. The number of esters is 1. The normalized spacial score (nSPS) is 26.7. The van der Waals surface area contributed by atoms with E-state index in [-0.39, 0.29) is 6.61 Å². The molecule has 4 N–H and O–H groups in total. The number of rotatable bonds is 6. The summed E-state index contributed by atoms with van der Waals surface area (Å²) in [4.78, 5) is 11.5. The van der Waals surface area contributed by atoms with Crippen molar-refractivity contribution in [3.8, 4) is 5.75 Å². The molecular formula is C21H24O8. The number of methoxy groups -OCH3 is 1. The monoisotopic (exact) mass is 404 g/mol. The van der Waals surface area contributed by atoms with Crippen LogP contribution in [0.4, 0.5) is 0 Å². The van der Waals surface area contributed by atoms with E-state index in [2.05, 4.69) is 4.74 Å². The predicted octanol–water partition coefficient (Wildman–Crippen LogP) is 0.567. The Morgan fingerprint density at radius 1 is 1.03 bits per heavy atom. The highest BCUT2D eigenvalue weighted by Crippen LogP contribution is 2.32. The zero-order chi connectivity index (χ0) is 21.0. The summed E-state index contributed by atoms with van der Waals surface area (Å²) in [6, 6.07) is 13.6. The van der Waals surface area contributed by atoms with E-state index in [1.807, 2.05) is 6.07 Å². The van der Waals surface area contributed by atoms with Crippen molar-refractivity contribution in [2.45, 2.75) is 37.1 Å². The Hall–Kier alpha value is -2.49. The van der Waals surface area contributed by atoms with Crippen LogP contribution in [0.15, 0.2) is 48.5 Å². The van der Waals surface area contributed by atoms with Gasteiger partial charge in [-0.05, 0) is 41.5 Å². The second kappa shape index (κ2) is 9.34. The van der Waals surface area contributed by atoms with Gasteiger partial charge in [0.05, 0.1) is 19.3 Å². The number of carbonyl (C=O) groups excluding carboxylic acids is 1. The van der Waals surface area contributed by atoms with Crippen molar-refractivity contribution in [1.82, 2.24) is 0 Å². The van der Waals surface area contributed by atoms with Crippen LogP contribution >= 0.6 is 0 Å². The van der Waals surface area contributed by atoms with Crippen LogP contribution in [0, 0.1) is 0 Å². The molecule has 0 amide bonds. The number of carbonyl (C=O) groups is 1. The fourth-order valence-corrected chi connectivity index (χ4v) is 3.21. The third kappa shape index (κ3) is 4.75. The molecule has 1 aliphatic heterocycles. The SMILES string of the molecule is COC(=O)c1ccc(OCc2cccc(C3OC(CO)C(O)C(O)C3O)c2)cc1. The summed E-state index contributed by atoms with van der Waals surface area (Å²) in [5.74, 6) is 0.139. The van der Waals surface area contributed by atoms with Crippen molar-refractivity contribution < 1.29 is 39.4 Å². The molecule has 0 radical (unpaired) electrons. The van der Waals surface area contributed by atoms with Crippen LogP contribution in [0.1, 0.15) is 27.6 Å². The fourth-order valence-electron chi connectivity index (χ4n) is 3.21. The highest BCUT2D eigenvalue weighted by atomic mass is 16.5. The quantitative estimate of drug-likeness (QED) is 0.515. The van der Waals surface area contributed by atoms with Gasteiger partial charge in [-0.2, -0.15) is 0 Å². The molecule has 1 saturated heterocycles. The van der Waals surface area contributed by atoms with Crippen LogP contribution in [0.25, 0.3) is 0 Å². The van der Waals surface area contributed by atoms with E-state index in [1.165, 1.54) is 7.11 Å². The lowest BCUT2D eigenvalue weighted by Gasteiger charge is -2.40. The summed E-state index contributed by atoms with van der Waals surface area (Å²) in [5, 5.41) is 39.5. The van der Waals surface area contributed by atoms with Crippen molar-refractivity contribution in [3.63, 3.8) is 0 Å². The average Bonchev–Trinajstić information content (AvgIpc) is 2.76. The molecule has 2 aromatic rings. The molecule has 3 rings (SSSR count). The molecule has 0 aliphatic carbocycles. The van der Waals surface area contributed by atoms with Gasteiger partial charge < -0.3 is 34.6 Å². The number of hydrogen-bond donors (Lipinski definition) is 4. The number of hydrogen-bond acceptors (Lipinski definition) is 8. The number of aliphatic hydroxyl groups is 4. The maximum Gasteiger partial charge on any atom is 0.337 e. The van der Waals surface area contributed by atoms with Crippen molar-refractivity contribution in [2.24, 2.45) is 0 Å². The van der Waals surface area contributed by atoms with Crippen LogP contribution in [0.2, 0.25) is 0 Å². The second-order valence-electron chi connectivity index (χ2n) is 6.80. The summed E-state index contributed by atoms with van der Waals surface area (Å²) >= 11 is 0. The van der Waals surface area contributed by atoms with Gasteiger partial charge in [0.1, 0.15) is 42.9 Å². The lowest BCUT2D eigenvalue weighted by Crippen LogP contribution is -2.55. The van der Waals surface area contributed by atoms with Crippen molar-refractivity contribution in [1.29, 1.82) is 0 Å². The first-order chi connectivity index (χ1) is 13.9. The average molecular weight is 404 g/mol. The Morgan fingerprint density at radius 2 is 1.76 bits per heavy atom. The highest BCUT2D eigenvalue weighted by Gasteiger charge is 2.43. The zero-order valence-electron chi connectivity index (χ0n) is 15.8. The van der Waals surface area contributed by atoms with Gasteiger partial charge in [-0.15, -0.1) is 0 Å². The molecule has 156 valence electrons. The molecule has 5 unspecified atom stereocenters. The summed E-state index contributed by atoms with van der Waals surface area (Å²) in [7, 11) is 1.31. The van der Waals surface area contributed by atoms with Crippen LogP contribution in [-0.4, -0.2) is 64.5 Å². The topological polar surface area (TPSA) is 126 Å². The van der Waals surface area contributed by atoms with Crippen LogP contribution in [-0.2, 0) is 16.1 Å². The fraction of sp³-hybridized carbons (Fsp3) is 0.381. The van der Waals surface area contributed by atoms with Crippen molar-refractivity contribution in [3.05, 3.63) is 65.2 Å². The maximum atomic E-state index is 11.5. The third-order valence-corrected chi connectivity index (χ3v) is 4.85. The molecular weight excluding hydrogens is 380 g/mol. The Labute approximate surface area is 167 Å². The van der Waals surface area contributed by atoms with Gasteiger partial charge in [-0.3, -0.25) is 0 Å². The minimum atomic E-state index is -1.43. The molecule has 8 heteroatoms. The largest absolute Gasteiger partial charge is 0.489 e. The van der Waals surface area contributed by atoms with E-state index < -0.39 is 43.1 Å². The molecule has 1 aliphatic rings. The highest BCUT2D eigenvalue weighted by molar-refractivity contribution is 5.89. The van der Waals surface area contributed by atoms with Crippen molar-refractivity contribution in [2.75, 3.05) is 13.7 Å². The van der Waals surface area contributed by atoms with E-state index in [0.29, 0.717) is 16.9 Å². The first kappa shape index (κ1) is 21.2. The van der Waals surface area contributed by atoms with Gasteiger partial charge in [-0.1, -0.05) is 18.2 Å². The summed E-state index contributed by atoms with van der Waals surface area (Å²) in [6.07, 6.45) is -6.03. The minimum Gasteiger partial charge on any atom is -0.489 e. The van der Waals surface area contributed by atoms with Crippen molar-refractivity contribution >= 4 is 5.97 Å². The molecule has 2 aromatic carbocycles. The first-order valence-corrected chi connectivity index (χ1v) is 9.15. The van der Waals surface area contributed by atoms with Gasteiger partial charge >= 0.3 is 5.97 Å². The number of ether oxygens (including phenoxy) is 3. The van der Waals surface area contributed by atoms with Gasteiger partial charge in [0.25, 0.3) is 0 Å². The number of benzene rings is 2. The van der Waals surface area contributed by atoms with Gasteiger partial charge in [-0.25, -0.2) is 4.79 Å². The third-order valence-electron chi connectivity index (χ3n) is 4.85. The molecule has 29 heavy (non-hydrogen) atoms. The maximum absolute atomic E-state index is 11.5. The van der Waals surface area contributed by atoms with E-state index in [9.17, 15) is 25.2 Å². The molecule has 1 fully saturated rings. The van der Waals surface area contributed by atoms with Gasteiger partial charge in [0, 0.05) is 0 Å². The lowest BCUT2D eigenvalue weighted by molar-refractivity contribution is -0.231. The summed E-state index contributed by atoms with van der Waals surface area (Å²) in [6.45, 7) is -0.255. The molecule has 8 nitrogen and oxygen atoms in total. The zero-order valence-corrected chi connectivity index (χ0v) is 15.8. The molecule has 1 heterocycles. The lowest BCUT2D eigenvalue weighted by atomic mass is 9.91. The predicted molar refractivity (Wildman–Crippen MR) is 101 cm³/mol. The molecule has 0 bridgehead atoms. The van der Waals surface area contributed by atoms with E-state index in [1.54, 1.807) is 42.5 Å². The number of aliphatic hydroxyl groups excluding tert-OH is 4. The summed E-state index contributed by atoms with van der Waals surface area (Å²) < 4.78 is 16.0. The van der Waals surface area contributed by atoms with Crippen LogP contribution in [0.5, 0.6) is 5.75 Å². The Kier molecular flexibility index (Phi) is 6.83. The Bertz CT molecular complexity index is 820. The summed E-state index contributed by atoms with van der Waals surface area (Å²) in [5.41, 5.74) is 1.80. The van der Waals surface area contributed by atoms with E-state index >= 15 is 0 Å².